The van der Waals surface area contributed by atoms with Gasteiger partial charge in [0.2, 0.25) is 0 Å². The Kier molecular flexibility index (Phi) is 7.41. The van der Waals surface area contributed by atoms with E-state index >= 15 is 0 Å². The van der Waals surface area contributed by atoms with Gasteiger partial charge in [-0.2, -0.15) is 0 Å². The predicted molar refractivity (Wildman–Crippen MR) is 40.6 cm³/mol. The van der Waals surface area contributed by atoms with Crippen molar-refractivity contribution in [3.63, 3.8) is 0 Å². The Morgan fingerprint density at radius 1 is 1.12 bits per heavy atom. The molecule has 0 saturated heterocycles. The molecule has 0 unspecified atom stereocenters. The van der Waals surface area contributed by atoms with Gasteiger partial charge in [-0.15, -0.1) is 0 Å². The summed E-state index contributed by atoms with van der Waals surface area (Å²) < 4.78 is 0. The maximum Gasteiger partial charge on any atom is 0.0375 e. The van der Waals surface area contributed by atoms with Gasteiger partial charge in [0.25, 0.3) is 0 Å². The van der Waals surface area contributed by atoms with E-state index in [9.17, 15) is 0 Å². The molecule has 1 heteroatoms. The van der Waals surface area contributed by atoms with Crippen LogP contribution in [0.2, 0.25) is 12.1 Å². The van der Waals surface area contributed by atoms with E-state index in [2.05, 4.69) is 13.8 Å². The van der Waals surface area contributed by atoms with Gasteiger partial charge in [0, 0.05) is 9.52 Å². The zero-order valence-corrected chi connectivity index (χ0v) is 7.04. The molecule has 0 aromatic rings. The van der Waals surface area contributed by atoms with E-state index in [1.54, 1.807) is 0 Å². The van der Waals surface area contributed by atoms with Crippen molar-refractivity contribution in [2.24, 2.45) is 0 Å². The van der Waals surface area contributed by atoms with E-state index in [1.165, 1.54) is 40.9 Å². The Bertz CT molecular complexity index is 29.4. The zero-order chi connectivity index (χ0) is 6.24. The molecule has 0 aromatic carbocycles. The van der Waals surface area contributed by atoms with E-state index in [-0.39, 0.29) is 0 Å². The largest absolute Gasteiger partial charge is 0.0682 e. The van der Waals surface area contributed by atoms with Crippen LogP contribution in [0.3, 0.4) is 0 Å². The van der Waals surface area contributed by atoms with Crippen molar-refractivity contribution in [3.8, 4) is 0 Å². The molecule has 0 aliphatic carbocycles. The van der Waals surface area contributed by atoms with Crippen LogP contribution in [0.4, 0.5) is 0 Å². The fourth-order valence-corrected chi connectivity index (χ4v) is 1.53. The van der Waals surface area contributed by atoms with Crippen molar-refractivity contribution in [1.29, 1.82) is 0 Å². The highest BCUT2D eigenvalue weighted by Gasteiger charge is 1.84. The van der Waals surface area contributed by atoms with Gasteiger partial charge >= 0.3 is 0 Å². The number of rotatable bonds is 5. The summed E-state index contributed by atoms with van der Waals surface area (Å²) in [6.07, 6.45) is 4.27. The summed E-state index contributed by atoms with van der Waals surface area (Å²) in [5.74, 6) is 0. The van der Waals surface area contributed by atoms with E-state index in [0.29, 0.717) is 0 Å². The minimum Gasteiger partial charge on any atom is -0.0682 e. The van der Waals surface area contributed by atoms with E-state index < -0.39 is 0 Å². The fraction of sp³-hybridized carbons (Fsp3) is 1.00. The second-order valence-electron chi connectivity index (χ2n) is 2.06. The lowest BCUT2D eigenvalue weighted by atomic mass is 10.3. The summed E-state index contributed by atoms with van der Waals surface area (Å²) in [6.45, 7) is 4.53. The van der Waals surface area contributed by atoms with Crippen LogP contribution < -0.4 is 0 Å². The van der Waals surface area contributed by atoms with Crippen molar-refractivity contribution in [1.82, 2.24) is 0 Å². The Morgan fingerprint density at radius 2 is 1.88 bits per heavy atom. The van der Waals surface area contributed by atoms with Crippen molar-refractivity contribution in [3.05, 3.63) is 0 Å². The normalized spacial score (nSPS) is 9.75. The van der Waals surface area contributed by atoms with Gasteiger partial charge in [0.05, 0.1) is 0 Å². The van der Waals surface area contributed by atoms with Crippen LogP contribution >= 0.6 is 0 Å². The minimum absolute atomic E-state index is 1.22. The topological polar surface area (TPSA) is 0 Å². The number of hydrogen-bond donors (Lipinski definition) is 0. The van der Waals surface area contributed by atoms with Crippen LogP contribution in [0.5, 0.6) is 0 Å². The quantitative estimate of drug-likeness (QED) is 0.394. The van der Waals surface area contributed by atoms with Crippen molar-refractivity contribution >= 4 is 9.52 Å². The maximum atomic E-state index is 2.27. The van der Waals surface area contributed by atoms with Crippen LogP contribution in [-0.2, 0) is 0 Å². The van der Waals surface area contributed by atoms with Gasteiger partial charge in [0.1, 0.15) is 0 Å². The summed E-state index contributed by atoms with van der Waals surface area (Å²) in [4.78, 5) is 0. The van der Waals surface area contributed by atoms with Gasteiger partial charge < -0.3 is 0 Å². The molecule has 0 saturated carbocycles. The Morgan fingerprint density at radius 3 is 2.38 bits per heavy atom. The van der Waals surface area contributed by atoms with Crippen molar-refractivity contribution in [2.45, 2.75) is 45.2 Å². The lowest BCUT2D eigenvalue weighted by Gasteiger charge is -1.92. The first kappa shape index (κ1) is 8.22. The first-order valence-electron chi connectivity index (χ1n) is 3.62. The Balaban J connectivity index is 2.53. The lowest BCUT2D eigenvalue weighted by Crippen LogP contribution is -1.84. The molecule has 0 rings (SSSR count). The molecule has 0 atom stereocenters. The third-order valence-corrected chi connectivity index (χ3v) is 2.41. The van der Waals surface area contributed by atoms with Crippen LogP contribution in [0, 0.1) is 0 Å². The Labute approximate surface area is 55.5 Å². The average Bonchev–Trinajstić information content (AvgIpc) is 1.81. The zero-order valence-electron chi connectivity index (χ0n) is 6.04. The van der Waals surface area contributed by atoms with Gasteiger partial charge in [-0.05, 0) is 0 Å². The smallest absolute Gasteiger partial charge is 0.0375 e. The van der Waals surface area contributed by atoms with Gasteiger partial charge in [-0.1, -0.05) is 45.2 Å². The standard InChI is InChI=1S/C7H16Si/c1-3-5-6-7-8-4-2/h3-7H2,1-2H3. The molecule has 0 nitrogen and oxygen atoms in total. The molecular formula is C7H16Si. The third kappa shape index (κ3) is 6.22. The summed E-state index contributed by atoms with van der Waals surface area (Å²) in [7, 11) is 1.22. The second-order valence-corrected chi connectivity index (χ2v) is 3.77. The summed E-state index contributed by atoms with van der Waals surface area (Å²) >= 11 is 0. The molecule has 0 heterocycles. The molecule has 8 heavy (non-hydrogen) atoms. The van der Waals surface area contributed by atoms with Crippen molar-refractivity contribution in [2.75, 3.05) is 0 Å². The molecule has 0 aliphatic heterocycles. The highest BCUT2D eigenvalue weighted by atomic mass is 28.2. The Hall–Kier alpha value is 0.217. The molecule has 0 aromatic heterocycles. The van der Waals surface area contributed by atoms with Crippen LogP contribution in [-0.4, -0.2) is 9.52 Å². The number of hydrogen-bond acceptors (Lipinski definition) is 0. The highest BCUT2D eigenvalue weighted by Crippen LogP contribution is 1.98. The molecule has 0 spiro atoms. The molecular weight excluding hydrogens is 112 g/mol. The molecule has 0 aliphatic rings. The molecule has 0 bridgehead atoms. The first-order chi connectivity index (χ1) is 3.91. The molecule has 0 fully saturated rings. The molecule has 48 valence electrons. The number of unbranched alkanes of at least 4 members (excludes halogenated alkanes) is 2. The summed E-state index contributed by atoms with van der Waals surface area (Å²) in [6, 6.07) is 2.87. The van der Waals surface area contributed by atoms with E-state index in [1.807, 2.05) is 0 Å². The van der Waals surface area contributed by atoms with Crippen LogP contribution in [0.25, 0.3) is 0 Å². The molecule has 0 amide bonds. The van der Waals surface area contributed by atoms with E-state index in [0.717, 1.165) is 0 Å². The highest BCUT2D eigenvalue weighted by molar-refractivity contribution is 6.35. The predicted octanol–water partition coefficient (Wildman–Crippen LogP) is 2.74. The second kappa shape index (κ2) is 7.22. The third-order valence-electron chi connectivity index (χ3n) is 1.21. The lowest BCUT2D eigenvalue weighted by molar-refractivity contribution is 0.768. The average molecular weight is 128 g/mol. The molecule has 0 N–H and O–H groups in total. The van der Waals surface area contributed by atoms with Crippen LogP contribution in [0.15, 0.2) is 0 Å². The summed E-state index contributed by atoms with van der Waals surface area (Å²) in [5, 5.41) is 0. The molecule has 2 radical (unpaired) electrons. The van der Waals surface area contributed by atoms with Crippen LogP contribution in [0.1, 0.15) is 33.1 Å². The van der Waals surface area contributed by atoms with Gasteiger partial charge in [-0.25, -0.2) is 0 Å². The minimum atomic E-state index is 1.22. The summed E-state index contributed by atoms with van der Waals surface area (Å²) in [5.41, 5.74) is 0. The monoisotopic (exact) mass is 128 g/mol. The van der Waals surface area contributed by atoms with E-state index in [4.69, 9.17) is 0 Å². The SMILES string of the molecule is CCCCC[Si]CC. The fourth-order valence-electron chi connectivity index (χ4n) is 0.677. The van der Waals surface area contributed by atoms with Gasteiger partial charge in [-0.3, -0.25) is 0 Å². The maximum absolute atomic E-state index is 2.27. The van der Waals surface area contributed by atoms with Crippen molar-refractivity contribution < 1.29 is 0 Å². The first-order valence-corrected chi connectivity index (χ1v) is 5.04. The van der Waals surface area contributed by atoms with Gasteiger partial charge in [0.15, 0.2) is 0 Å².